The van der Waals surface area contributed by atoms with Crippen LogP contribution in [0.1, 0.15) is 134 Å². The van der Waals surface area contributed by atoms with E-state index in [1.165, 1.54) is 64.4 Å². The first-order valence-corrected chi connectivity index (χ1v) is 11.5. The van der Waals surface area contributed by atoms with Gasteiger partial charge in [-0.05, 0) is 31.8 Å². The summed E-state index contributed by atoms with van der Waals surface area (Å²) in [5.74, 6) is 1.97. The molecule has 0 heterocycles. The number of hydrogen-bond acceptors (Lipinski definition) is 1. The zero-order valence-corrected chi connectivity index (χ0v) is 20.9. The largest absolute Gasteiger partial charge is 0.295 e. The molecule has 0 aliphatic heterocycles. The zero-order valence-electron chi connectivity index (χ0n) is 20.9. The third-order valence-electron chi connectivity index (χ3n) is 3.99. The summed E-state index contributed by atoms with van der Waals surface area (Å²) >= 11 is 0. The fourth-order valence-corrected chi connectivity index (χ4v) is 1.95. The third-order valence-corrected chi connectivity index (χ3v) is 3.99. The summed E-state index contributed by atoms with van der Waals surface area (Å²) in [6.45, 7) is 25.1. The average Bonchev–Trinajstić information content (AvgIpc) is 2.67. The Bertz CT molecular complexity index is 226. The summed E-state index contributed by atoms with van der Waals surface area (Å²) in [7, 11) is 0. The van der Waals surface area contributed by atoms with E-state index < -0.39 is 0 Å². The van der Waals surface area contributed by atoms with Crippen LogP contribution in [0.4, 0.5) is 0 Å². The molecule has 2 unspecified atom stereocenters. The van der Waals surface area contributed by atoms with Gasteiger partial charge >= 0.3 is 0 Å². The van der Waals surface area contributed by atoms with Gasteiger partial charge in [-0.1, -0.05) is 127 Å². The van der Waals surface area contributed by atoms with E-state index in [9.17, 15) is 4.79 Å². The molecular weight excluding hydrogens is 316 g/mol. The normalized spacial score (nSPS) is 11.2. The fourth-order valence-electron chi connectivity index (χ4n) is 1.95. The fraction of sp³-hybridized carbons (Fsp3) is 0.880. The lowest BCUT2D eigenvalue weighted by Gasteiger charge is -2.17. The molecule has 0 aliphatic rings. The van der Waals surface area contributed by atoms with E-state index in [1.54, 1.807) is 6.08 Å². The third kappa shape index (κ3) is 49.5. The second-order valence-corrected chi connectivity index (χ2v) is 6.32. The van der Waals surface area contributed by atoms with Crippen molar-refractivity contribution in [2.45, 2.75) is 134 Å². The molecule has 0 aromatic rings. The van der Waals surface area contributed by atoms with Crippen LogP contribution in [0.2, 0.25) is 0 Å². The summed E-state index contributed by atoms with van der Waals surface area (Å²) in [5, 5.41) is 0. The van der Waals surface area contributed by atoms with Crippen molar-refractivity contribution < 1.29 is 4.79 Å². The Hall–Kier alpha value is -0.590. The molecule has 2 atom stereocenters. The number of ketones is 1. The van der Waals surface area contributed by atoms with Gasteiger partial charge < -0.3 is 0 Å². The first kappa shape index (κ1) is 36.3. The van der Waals surface area contributed by atoms with E-state index in [4.69, 9.17) is 0 Å². The van der Waals surface area contributed by atoms with Crippen molar-refractivity contribution in [3.8, 4) is 0 Å². The topological polar surface area (TPSA) is 17.1 Å². The van der Waals surface area contributed by atoms with Crippen molar-refractivity contribution in [2.24, 2.45) is 11.8 Å². The van der Waals surface area contributed by atoms with Crippen LogP contribution >= 0.6 is 0 Å². The van der Waals surface area contributed by atoms with Gasteiger partial charge in [-0.25, -0.2) is 0 Å². The van der Waals surface area contributed by atoms with Gasteiger partial charge in [0.1, 0.15) is 0 Å². The minimum absolute atomic E-state index is 0.109. The number of rotatable bonds is 9. The molecule has 0 fully saturated rings. The smallest absolute Gasteiger partial charge is 0.152 e. The second kappa shape index (κ2) is 39.5. The number of unbranched alkanes of at least 4 members (excludes halogenated alkanes) is 4. The van der Waals surface area contributed by atoms with Gasteiger partial charge in [-0.2, -0.15) is 0 Å². The molecule has 162 valence electrons. The summed E-state index contributed by atoms with van der Waals surface area (Å²) in [6.07, 6.45) is 14.3. The Balaban J connectivity index is -0.0000000802. The van der Waals surface area contributed by atoms with Crippen LogP contribution in [-0.2, 0) is 4.79 Å². The molecule has 0 aliphatic carbocycles. The summed E-state index contributed by atoms with van der Waals surface area (Å²) < 4.78 is 0. The molecule has 0 rings (SSSR count). The van der Waals surface area contributed by atoms with Crippen molar-refractivity contribution in [1.82, 2.24) is 0 Å². The first-order chi connectivity index (χ1) is 12.4. The highest BCUT2D eigenvalue weighted by molar-refractivity contribution is 5.87. The van der Waals surface area contributed by atoms with Crippen LogP contribution in [0.15, 0.2) is 12.2 Å². The quantitative estimate of drug-likeness (QED) is 0.291. The van der Waals surface area contributed by atoms with Crippen molar-refractivity contribution in [3.05, 3.63) is 12.2 Å². The van der Waals surface area contributed by atoms with E-state index in [2.05, 4.69) is 41.5 Å². The highest BCUT2D eigenvalue weighted by Gasteiger charge is 2.08. The van der Waals surface area contributed by atoms with Crippen LogP contribution in [0.5, 0.6) is 0 Å². The number of carbonyl (C=O) groups excluding carboxylic acids is 1. The van der Waals surface area contributed by atoms with Crippen LogP contribution in [0, 0.1) is 11.8 Å². The Kier molecular flexibility index (Phi) is 55.2. The lowest BCUT2D eigenvalue weighted by Crippen LogP contribution is -2.06. The molecular formula is C25H56O. The van der Waals surface area contributed by atoms with Crippen molar-refractivity contribution in [3.63, 3.8) is 0 Å². The van der Waals surface area contributed by atoms with Gasteiger partial charge in [0.05, 0.1) is 0 Å². The summed E-state index contributed by atoms with van der Waals surface area (Å²) in [4.78, 5) is 9.96. The lowest BCUT2D eigenvalue weighted by molar-refractivity contribution is -0.112. The molecule has 0 radical (unpaired) electrons. The molecule has 0 N–H and O–H groups in total. The Morgan fingerprint density at radius 3 is 1.35 bits per heavy atom. The molecule has 1 heteroatoms. The van der Waals surface area contributed by atoms with Crippen LogP contribution < -0.4 is 0 Å². The SMILES string of the molecule is C/C=C/C(C)=O.CC.CC.CCCCC(C)C(C)CC.CCCCCC. The van der Waals surface area contributed by atoms with Gasteiger partial charge in [0.15, 0.2) is 5.78 Å². The Morgan fingerprint density at radius 2 is 1.15 bits per heavy atom. The maximum atomic E-state index is 9.96. The molecule has 26 heavy (non-hydrogen) atoms. The highest BCUT2D eigenvalue weighted by atomic mass is 16.1. The van der Waals surface area contributed by atoms with E-state index in [0.29, 0.717) is 0 Å². The monoisotopic (exact) mass is 372 g/mol. The maximum Gasteiger partial charge on any atom is 0.152 e. The molecule has 0 bridgehead atoms. The van der Waals surface area contributed by atoms with Crippen molar-refractivity contribution in [1.29, 1.82) is 0 Å². The van der Waals surface area contributed by atoms with Gasteiger partial charge in [-0.15, -0.1) is 0 Å². The minimum atomic E-state index is 0.109. The number of carbonyl (C=O) groups is 1. The predicted molar refractivity (Wildman–Crippen MR) is 126 cm³/mol. The summed E-state index contributed by atoms with van der Waals surface area (Å²) in [6, 6.07) is 0. The van der Waals surface area contributed by atoms with Crippen LogP contribution in [0.3, 0.4) is 0 Å². The lowest BCUT2D eigenvalue weighted by atomic mass is 9.89. The van der Waals surface area contributed by atoms with E-state index in [1.807, 2.05) is 34.6 Å². The van der Waals surface area contributed by atoms with Gasteiger partial charge in [-0.3, -0.25) is 4.79 Å². The molecule has 0 saturated heterocycles. The van der Waals surface area contributed by atoms with Crippen molar-refractivity contribution >= 4 is 5.78 Å². The number of hydrogen-bond donors (Lipinski definition) is 0. The van der Waals surface area contributed by atoms with E-state index in [-0.39, 0.29) is 5.78 Å². The minimum Gasteiger partial charge on any atom is -0.295 e. The Labute approximate surface area is 169 Å². The van der Waals surface area contributed by atoms with Gasteiger partial charge in [0.2, 0.25) is 0 Å². The zero-order chi connectivity index (χ0) is 21.8. The molecule has 0 aromatic heterocycles. The van der Waals surface area contributed by atoms with Crippen LogP contribution in [0.25, 0.3) is 0 Å². The molecule has 0 saturated carbocycles. The predicted octanol–water partition coefficient (Wildman–Crippen LogP) is 9.65. The molecule has 1 nitrogen and oxygen atoms in total. The molecule has 0 spiro atoms. The molecule has 0 aromatic carbocycles. The number of allylic oxidation sites excluding steroid dienone is 2. The van der Waals surface area contributed by atoms with Gasteiger partial charge in [0.25, 0.3) is 0 Å². The van der Waals surface area contributed by atoms with E-state index >= 15 is 0 Å². The van der Waals surface area contributed by atoms with Gasteiger partial charge in [0, 0.05) is 0 Å². The van der Waals surface area contributed by atoms with E-state index in [0.717, 1.165) is 11.8 Å². The van der Waals surface area contributed by atoms with Crippen LogP contribution in [-0.4, -0.2) is 5.78 Å². The second-order valence-electron chi connectivity index (χ2n) is 6.32. The summed E-state index contributed by atoms with van der Waals surface area (Å²) in [5.41, 5.74) is 0. The standard InChI is InChI=1S/C10H22.C6H14.C5H8O.2C2H6/c1-5-7-8-10(4)9(3)6-2;1-3-5-6-4-2;1-3-4-5(2)6;2*1-2/h9-10H,5-8H2,1-4H3;3-6H2,1-2H3;3-4H,1-2H3;2*1-2H3/b;;4-3+;;. The highest BCUT2D eigenvalue weighted by Crippen LogP contribution is 2.19. The van der Waals surface area contributed by atoms with Crippen molar-refractivity contribution in [2.75, 3.05) is 0 Å². The Morgan fingerprint density at radius 1 is 0.769 bits per heavy atom. The molecule has 0 amide bonds. The first-order valence-electron chi connectivity index (χ1n) is 11.5. The average molecular weight is 373 g/mol. The maximum absolute atomic E-state index is 9.96.